The van der Waals surface area contributed by atoms with Crippen molar-refractivity contribution in [3.63, 3.8) is 0 Å². The molecule has 1 saturated heterocycles. The van der Waals surface area contributed by atoms with Crippen LogP contribution in [-0.2, 0) is 17.6 Å². The highest BCUT2D eigenvalue weighted by Crippen LogP contribution is 2.34. The molecular weight excluding hydrogens is 370 g/mol. The number of carbonyl (C=O) groups excluding carboxylic acids is 2. The van der Waals surface area contributed by atoms with Crippen molar-refractivity contribution in [1.29, 1.82) is 0 Å². The molecule has 2 aromatic rings. The summed E-state index contributed by atoms with van der Waals surface area (Å²) >= 11 is 1.54. The van der Waals surface area contributed by atoms with Crippen LogP contribution in [0.2, 0.25) is 0 Å². The number of benzene rings is 1. The molecule has 0 saturated carbocycles. The summed E-state index contributed by atoms with van der Waals surface area (Å²) in [6.07, 6.45) is 4.12. The number of anilines is 1. The maximum absolute atomic E-state index is 13.3. The first kappa shape index (κ1) is 18.1. The van der Waals surface area contributed by atoms with Gasteiger partial charge in [-0.3, -0.25) is 9.59 Å². The number of rotatable bonds is 3. The maximum atomic E-state index is 13.3. The number of halogens is 2. The molecule has 0 radical (unpaired) electrons. The molecule has 1 aromatic heterocycles. The third-order valence-electron chi connectivity index (χ3n) is 5.24. The molecular formula is C20H20F2N2O2S. The first-order chi connectivity index (χ1) is 13.0. The zero-order chi connectivity index (χ0) is 19.0. The third kappa shape index (κ3) is 3.74. The molecule has 1 N–H and O–H groups in total. The quantitative estimate of drug-likeness (QED) is 0.861. The highest BCUT2D eigenvalue weighted by atomic mass is 32.1. The van der Waals surface area contributed by atoms with Gasteiger partial charge in [0.15, 0.2) is 11.6 Å². The number of hydrogen-bond acceptors (Lipinski definition) is 3. The number of hydrogen-bond donors (Lipinski definition) is 1. The number of amides is 2. The van der Waals surface area contributed by atoms with E-state index in [9.17, 15) is 18.4 Å². The van der Waals surface area contributed by atoms with Gasteiger partial charge in [-0.25, -0.2) is 8.78 Å². The van der Waals surface area contributed by atoms with Gasteiger partial charge in [0.2, 0.25) is 5.91 Å². The van der Waals surface area contributed by atoms with E-state index in [0.29, 0.717) is 12.8 Å². The fourth-order valence-electron chi connectivity index (χ4n) is 3.75. The van der Waals surface area contributed by atoms with Crippen molar-refractivity contribution in [2.75, 3.05) is 18.4 Å². The molecule has 4 rings (SSSR count). The van der Waals surface area contributed by atoms with Crippen LogP contribution in [0.5, 0.6) is 0 Å². The van der Waals surface area contributed by atoms with Crippen molar-refractivity contribution < 1.29 is 18.4 Å². The van der Waals surface area contributed by atoms with E-state index in [1.165, 1.54) is 22.3 Å². The van der Waals surface area contributed by atoms with E-state index < -0.39 is 11.6 Å². The monoisotopic (exact) mass is 390 g/mol. The van der Waals surface area contributed by atoms with Crippen molar-refractivity contribution in [3.8, 4) is 0 Å². The zero-order valence-electron chi connectivity index (χ0n) is 14.8. The van der Waals surface area contributed by atoms with Crippen LogP contribution in [0.25, 0.3) is 0 Å². The summed E-state index contributed by atoms with van der Waals surface area (Å²) in [5.41, 5.74) is 1.30. The molecule has 7 heteroatoms. The van der Waals surface area contributed by atoms with E-state index >= 15 is 0 Å². The lowest BCUT2D eigenvalue weighted by molar-refractivity contribution is -0.120. The van der Waals surface area contributed by atoms with E-state index in [2.05, 4.69) is 5.32 Å². The van der Waals surface area contributed by atoms with Gasteiger partial charge in [-0.05, 0) is 55.9 Å². The average molecular weight is 390 g/mol. The molecule has 4 nitrogen and oxygen atoms in total. The number of aryl methyl sites for hydroxylation is 1. The minimum atomic E-state index is -0.985. The number of fused-ring (bicyclic) bond motifs is 1. The second-order valence-electron chi connectivity index (χ2n) is 7.12. The van der Waals surface area contributed by atoms with Crippen molar-refractivity contribution >= 4 is 28.8 Å². The van der Waals surface area contributed by atoms with Crippen molar-refractivity contribution in [3.05, 3.63) is 51.2 Å². The Morgan fingerprint density at radius 1 is 1.11 bits per heavy atom. The number of likely N-dealkylation sites (tertiary alicyclic amines) is 1. The van der Waals surface area contributed by atoms with Gasteiger partial charge in [0.05, 0.1) is 4.88 Å². The lowest BCUT2D eigenvalue weighted by Crippen LogP contribution is -2.27. The molecule has 0 bridgehead atoms. The molecule has 0 spiro atoms. The third-order valence-corrected chi connectivity index (χ3v) is 6.47. The van der Waals surface area contributed by atoms with Gasteiger partial charge in [0, 0.05) is 35.6 Å². The van der Waals surface area contributed by atoms with Gasteiger partial charge in [-0.1, -0.05) is 0 Å². The molecule has 2 heterocycles. The van der Waals surface area contributed by atoms with Gasteiger partial charge in [0.1, 0.15) is 0 Å². The van der Waals surface area contributed by atoms with Gasteiger partial charge in [0.25, 0.3) is 5.91 Å². The Kier molecular flexibility index (Phi) is 4.95. The minimum absolute atomic E-state index is 0.0923. The molecule has 1 atom stereocenters. The van der Waals surface area contributed by atoms with Crippen molar-refractivity contribution in [1.82, 2.24) is 4.90 Å². The van der Waals surface area contributed by atoms with E-state index in [1.54, 1.807) is 0 Å². The van der Waals surface area contributed by atoms with Crippen LogP contribution in [0.3, 0.4) is 0 Å². The van der Waals surface area contributed by atoms with E-state index in [0.717, 1.165) is 54.9 Å². The number of nitrogens with zero attached hydrogens (tertiary/aromatic N) is 1. The smallest absolute Gasteiger partial charge is 0.263 e. The van der Waals surface area contributed by atoms with Crippen molar-refractivity contribution in [2.45, 2.75) is 32.1 Å². The van der Waals surface area contributed by atoms with Gasteiger partial charge in [-0.15, -0.1) is 11.3 Å². The SMILES string of the molecule is O=C(Nc1ccc(F)c(F)c1)[C@@H]1CCc2sc(C(=O)N3CCCC3)cc2C1. The van der Waals surface area contributed by atoms with Crippen LogP contribution in [0.4, 0.5) is 14.5 Å². The number of thiophene rings is 1. The number of nitrogens with one attached hydrogen (secondary N) is 1. The second-order valence-corrected chi connectivity index (χ2v) is 8.25. The Balaban J connectivity index is 1.43. The Bertz CT molecular complexity index is 890. The molecule has 1 aliphatic carbocycles. The minimum Gasteiger partial charge on any atom is -0.338 e. The Labute approximate surface area is 160 Å². The normalized spacial score (nSPS) is 19.0. The van der Waals surface area contributed by atoms with Crippen LogP contribution < -0.4 is 5.32 Å². The van der Waals surface area contributed by atoms with Crippen LogP contribution in [0.15, 0.2) is 24.3 Å². The molecule has 27 heavy (non-hydrogen) atoms. The summed E-state index contributed by atoms with van der Waals surface area (Å²) in [5.74, 6) is -2.28. The highest BCUT2D eigenvalue weighted by molar-refractivity contribution is 7.14. The molecule has 2 aliphatic rings. The lowest BCUT2D eigenvalue weighted by atomic mass is 9.87. The number of carbonyl (C=O) groups is 2. The Morgan fingerprint density at radius 3 is 2.63 bits per heavy atom. The maximum Gasteiger partial charge on any atom is 0.263 e. The van der Waals surface area contributed by atoms with E-state index in [4.69, 9.17) is 0 Å². The van der Waals surface area contributed by atoms with Crippen molar-refractivity contribution in [2.24, 2.45) is 5.92 Å². The topological polar surface area (TPSA) is 49.4 Å². The molecule has 2 amide bonds. The van der Waals surface area contributed by atoms with Gasteiger partial charge in [-0.2, -0.15) is 0 Å². The molecule has 142 valence electrons. The summed E-state index contributed by atoms with van der Waals surface area (Å²) in [6.45, 7) is 1.64. The summed E-state index contributed by atoms with van der Waals surface area (Å²) in [4.78, 5) is 28.9. The lowest BCUT2D eigenvalue weighted by Gasteiger charge is -2.21. The fourth-order valence-corrected chi connectivity index (χ4v) is 4.92. The van der Waals surface area contributed by atoms with Crippen LogP contribution in [0, 0.1) is 17.6 Å². The Hall–Kier alpha value is -2.28. The van der Waals surface area contributed by atoms with E-state index in [1.807, 2.05) is 11.0 Å². The zero-order valence-corrected chi connectivity index (χ0v) is 15.6. The average Bonchev–Trinajstić information content (AvgIpc) is 3.33. The highest BCUT2D eigenvalue weighted by Gasteiger charge is 2.29. The fraction of sp³-hybridized carbons (Fsp3) is 0.400. The van der Waals surface area contributed by atoms with Crippen LogP contribution in [0.1, 0.15) is 39.4 Å². The van der Waals surface area contributed by atoms with E-state index in [-0.39, 0.29) is 23.4 Å². The van der Waals surface area contributed by atoms with Gasteiger partial charge < -0.3 is 10.2 Å². The Morgan fingerprint density at radius 2 is 1.89 bits per heavy atom. The predicted octanol–water partition coefficient (Wildman–Crippen LogP) is 4.01. The summed E-state index contributed by atoms with van der Waals surface area (Å²) in [6, 6.07) is 5.26. The molecule has 1 fully saturated rings. The molecule has 1 aromatic carbocycles. The summed E-state index contributed by atoms with van der Waals surface area (Å²) < 4.78 is 26.3. The standard InChI is InChI=1S/C20H20F2N2O2S/c21-15-5-4-14(11-16(15)22)23-19(25)12-3-6-17-13(9-12)10-18(27-17)20(26)24-7-1-2-8-24/h4-5,10-12H,1-3,6-9H2,(H,23,25)/t12-/m1/s1. The predicted molar refractivity (Wildman–Crippen MR) is 100.0 cm³/mol. The second kappa shape index (κ2) is 7.38. The van der Waals surface area contributed by atoms with Crippen LogP contribution >= 0.6 is 11.3 Å². The van der Waals surface area contributed by atoms with Gasteiger partial charge >= 0.3 is 0 Å². The first-order valence-electron chi connectivity index (χ1n) is 9.18. The van der Waals surface area contributed by atoms with Crippen LogP contribution in [-0.4, -0.2) is 29.8 Å². The molecule has 0 unspecified atom stereocenters. The molecule has 1 aliphatic heterocycles. The largest absolute Gasteiger partial charge is 0.338 e. The summed E-state index contributed by atoms with van der Waals surface area (Å²) in [7, 11) is 0. The first-order valence-corrected chi connectivity index (χ1v) is 9.99. The summed E-state index contributed by atoms with van der Waals surface area (Å²) in [5, 5.41) is 2.67.